The van der Waals surface area contributed by atoms with Crippen LogP contribution in [0.2, 0.25) is 0 Å². The number of aliphatic hydroxyl groups excluding tert-OH is 1. The number of aryl methyl sites for hydroxylation is 1. The summed E-state index contributed by atoms with van der Waals surface area (Å²) in [5.74, 6) is -0.399. The quantitative estimate of drug-likeness (QED) is 0.317. The average Bonchev–Trinajstić information content (AvgIpc) is 3.14. The second kappa shape index (κ2) is 10.3. The number of unbranched alkanes of at least 4 members (excludes halogenated alkanes) is 3. The molecule has 1 aliphatic rings. The van der Waals surface area contributed by atoms with Crippen molar-refractivity contribution in [2.75, 3.05) is 0 Å². The van der Waals surface area contributed by atoms with Crippen LogP contribution in [0.4, 0.5) is 0 Å². The topological polar surface area (TPSA) is 57.5 Å². The van der Waals surface area contributed by atoms with E-state index in [0.717, 1.165) is 30.6 Å². The van der Waals surface area contributed by atoms with Gasteiger partial charge in [0.15, 0.2) is 0 Å². The fourth-order valence-corrected chi connectivity index (χ4v) is 5.00. The SMILES string of the molecule is CCCCC/C=C/[C@@H]1[C@@H](CCCc2ccc(C(=O)O)s2)[C@H](Cl)C[C@H]1O. The number of allylic oxidation sites excluding steroid dienone is 1. The van der Waals surface area contributed by atoms with E-state index in [9.17, 15) is 9.90 Å². The lowest BCUT2D eigenvalue weighted by molar-refractivity contribution is 0.0702. The van der Waals surface area contributed by atoms with Gasteiger partial charge in [-0.3, -0.25) is 0 Å². The number of alkyl halides is 1. The summed E-state index contributed by atoms with van der Waals surface area (Å²) in [7, 11) is 0. The fourth-order valence-electron chi connectivity index (χ4n) is 3.64. The lowest BCUT2D eigenvalue weighted by atomic mass is 9.89. The summed E-state index contributed by atoms with van der Waals surface area (Å²) >= 11 is 7.84. The van der Waals surface area contributed by atoms with E-state index < -0.39 is 5.97 Å². The van der Waals surface area contributed by atoms with Crippen molar-refractivity contribution in [3.05, 3.63) is 34.0 Å². The number of thiophene rings is 1. The number of rotatable bonds is 10. The number of aromatic carboxylic acids is 1. The van der Waals surface area contributed by atoms with E-state index in [0.29, 0.717) is 17.2 Å². The minimum absolute atomic E-state index is 0.0261. The van der Waals surface area contributed by atoms with Gasteiger partial charge >= 0.3 is 5.97 Å². The van der Waals surface area contributed by atoms with Gasteiger partial charge in [-0.2, -0.15) is 0 Å². The predicted molar refractivity (Wildman–Crippen MR) is 105 cm³/mol. The molecule has 25 heavy (non-hydrogen) atoms. The molecule has 0 spiro atoms. The molecule has 0 bridgehead atoms. The van der Waals surface area contributed by atoms with Gasteiger partial charge < -0.3 is 10.2 Å². The second-order valence-corrected chi connectivity index (χ2v) is 8.68. The van der Waals surface area contributed by atoms with Crippen molar-refractivity contribution < 1.29 is 15.0 Å². The van der Waals surface area contributed by atoms with Crippen LogP contribution < -0.4 is 0 Å². The molecule has 0 aliphatic heterocycles. The molecule has 1 saturated carbocycles. The zero-order valence-corrected chi connectivity index (χ0v) is 16.4. The Hall–Kier alpha value is -0.840. The summed E-state index contributed by atoms with van der Waals surface area (Å²) in [5.41, 5.74) is 0. The average molecular weight is 385 g/mol. The molecule has 5 heteroatoms. The zero-order chi connectivity index (χ0) is 18.2. The molecule has 1 heterocycles. The van der Waals surface area contributed by atoms with E-state index in [1.54, 1.807) is 6.07 Å². The highest BCUT2D eigenvalue weighted by molar-refractivity contribution is 7.13. The minimum atomic E-state index is -0.857. The van der Waals surface area contributed by atoms with Gasteiger partial charge in [0.2, 0.25) is 0 Å². The third-order valence-electron chi connectivity index (χ3n) is 5.04. The highest BCUT2D eigenvalue weighted by atomic mass is 35.5. The molecule has 0 aromatic carbocycles. The molecule has 0 radical (unpaired) electrons. The summed E-state index contributed by atoms with van der Waals surface area (Å²) in [6.45, 7) is 2.20. The first-order valence-corrected chi connectivity index (χ1v) is 10.6. The normalized spacial score (nSPS) is 26.5. The van der Waals surface area contributed by atoms with Crippen molar-refractivity contribution in [2.45, 2.75) is 69.8 Å². The molecular weight excluding hydrogens is 356 g/mol. The maximum atomic E-state index is 10.9. The Morgan fingerprint density at radius 2 is 2.16 bits per heavy atom. The molecule has 1 aromatic heterocycles. The Morgan fingerprint density at radius 1 is 1.36 bits per heavy atom. The van der Waals surface area contributed by atoms with E-state index in [1.807, 2.05) is 6.07 Å². The number of carboxylic acid groups (broad SMARTS) is 1. The monoisotopic (exact) mass is 384 g/mol. The molecule has 1 fully saturated rings. The number of carbonyl (C=O) groups is 1. The Balaban J connectivity index is 1.83. The summed E-state index contributed by atoms with van der Waals surface area (Å²) in [4.78, 5) is 12.4. The third-order valence-corrected chi connectivity index (χ3v) is 6.67. The number of carboxylic acids is 1. The molecule has 0 unspecified atom stereocenters. The second-order valence-electron chi connectivity index (χ2n) is 6.95. The molecular formula is C20H29ClO3S. The fraction of sp³-hybridized carbons (Fsp3) is 0.650. The summed E-state index contributed by atoms with van der Waals surface area (Å²) in [6.07, 6.45) is 12.3. The highest BCUT2D eigenvalue weighted by Gasteiger charge is 2.39. The van der Waals surface area contributed by atoms with Crippen molar-refractivity contribution in [1.29, 1.82) is 0 Å². The first kappa shape index (κ1) is 20.5. The molecule has 2 N–H and O–H groups in total. The number of aliphatic hydroxyl groups is 1. The lowest BCUT2D eigenvalue weighted by Crippen LogP contribution is -2.18. The van der Waals surface area contributed by atoms with Crippen molar-refractivity contribution in [3.8, 4) is 0 Å². The molecule has 0 amide bonds. The van der Waals surface area contributed by atoms with E-state index in [4.69, 9.17) is 16.7 Å². The third kappa shape index (κ3) is 6.12. The maximum absolute atomic E-state index is 10.9. The van der Waals surface area contributed by atoms with Crippen LogP contribution in [0, 0.1) is 11.8 Å². The Kier molecular flexibility index (Phi) is 8.47. The van der Waals surface area contributed by atoms with E-state index in [-0.39, 0.29) is 17.4 Å². The van der Waals surface area contributed by atoms with Crippen molar-refractivity contribution in [3.63, 3.8) is 0 Å². The largest absolute Gasteiger partial charge is 0.477 e. The molecule has 140 valence electrons. The number of halogens is 1. The van der Waals surface area contributed by atoms with Gasteiger partial charge in [-0.25, -0.2) is 4.79 Å². The molecule has 1 aliphatic carbocycles. The summed E-state index contributed by atoms with van der Waals surface area (Å²) in [5, 5.41) is 19.3. The molecule has 2 rings (SSSR count). The predicted octanol–water partition coefficient (Wildman–Crippen LogP) is 5.51. The molecule has 0 saturated heterocycles. The lowest BCUT2D eigenvalue weighted by Gasteiger charge is -2.20. The minimum Gasteiger partial charge on any atom is -0.477 e. The van der Waals surface area contributed by atoms with Crippen LogP contribution in [0.5, 0.6) is 0 Å². The highest BCUT2D eigenvalue weighted by Crippen LogP contribution is 2.40. The maximum Gasteiger partial charge on any atom is 0.345 e. The van der Waals surface area contributed by atoms with Gasteiger partial charge in [-0.05, 0) is 56.6 Å². The molecule has 4 atom stereocenters. The van der Waals surface area contributed by atoms with Crippen LogP contribution in [0.25, 0.3) is 0 Å². The van der Waals surface area contributed by atoms with Gasteiger partial charge in [0.05, 0.1) is 6.10 Å². The first-order valence-electron chi connectivity index (χ1n) is 9.33. The van der Waals surface area contributed by atoms with Crippen LogP contribution in [0.1, 0.15) is 66.4 Å². The Bertz CT molecular complexity index is 569. The van der Waals surface area contributed by atoms with E-state index in [1.165, 1.54) is 30.6 Å². The van der Waals surface area contributed by atoms with Gasteiger partial charge in [-0.1, -0.05) is 31.9 Å². The van der Waals surface area contributed by atoms with E-state index >= 15 is 0 Å². The van der Waals surface area contributed by atoms with Crippen molar-refractivity contribution in [2.24, 2.45) is 11.8 Å². The van der Waals surface area contributed by atoms with Crippen molar-refractivity contribution >= 4 is 28.9 Å². The first-order chi connectivity index (χ1) is 12.0. The number of hydrogen-bond acceptors (Lipinski definition) is 3. The van der Waals surface area contributed by atoms with E-state index in [2.05, 4.69) is 19.1 Å². The Labute approximate surface area is 159 Å². The van der Waals surface area contributed by atoms with Gasteiger partial charge in [0.1, 0.15) is 4.88 Å². The van der Waals surface area contributed by atoms with Crippen LogP contribution in [0.15, 0.2) is 24.3 Å². The van der Waals surface area contributed by atoms with Crippen LogP contribution in [0.3, 0.4) is 0 Å². The van der Waals surface area contributed by atoms with Crippen LogP contribution >= 0.6 is 22.9 Å². The number of hydrogen-bond donors (Lipinski definition) is 2. The van der Waals surface area contributed by atoms with Crippen LogP contribution in [-0.4, -0.2) is 27.7 Å². The smallest absolute Gasteiger partial charge is 0.345 e. The summed E-state index contributed by atoms with van der Waals surface area (Å²) in [6, 6.07) is 3.58. The van der Waals surface area contributed by atoms with Gasteiger partial charge in [0, 0.05) is 16.2 Å². The Morgan fingerprint density at radius 3 is 2.84 bits per heavy atom. The standard InChI is InChI=1S/C20H29ClO3S/c1-2-3-4-5-6-9-16-15(17(21)13-18(16)22)10-7-8-14-11-12-19(25-14)20(23)24/h6,9,11-12,15-18,22H,2-5,7-8,10,13H2,1H3,(H,23,24)/b9-6+/t15-,16-,17-,18-/m1/s1. The van der Waals surface area contributed by atoms with Gasteiger partial charge in [0.25, 0.3) is 0 Å². The van der Waals surface area contributed by atoms with Gasteiger partial charge in [-0.15, -0.1) is 22.9 Å². The molecule has 1 aromatic rings. The molecule has 3 nitrogen and oxygen atoms in total. The van der Waals surface area contributed by atoms with Crippen LogP contribution in [-0.2, 0) is 6.42 Å². The summed E-state index contributed by atoms with van der Waals surface area (Å²) < 4.78 is 0. The zero-order valence-electron chi connectivity index (χ0n) is 14.9. The van der Waals surface area contributed by atoms with Crippen molar-refractivity contribution in [1.82, 2.24) is 0 Å².